The molecule has 0 spiro atoms. The van der Waals surface area contributed by atoms with Crippen LogP contribution in [0.15, 0.2) is 48.5 Å². The van der Waals surface area contributed by atoms with Crippen molar-refractivity contribution < 1.29 is 9.18 Å². The van der Waals surface area contributed by atoms with Crippen molar-refractivity contribution in [3.05, 3.63) is 65.5 Å². The number of rotatable bonds is 5. The molecule has 0 aliphatic carbocycles. The largest absolute Gasteiger partial charge is 0.324 e. The lowest BCUT2D eigenvalue weighted by Gasteiger charge is -2.24. The predicted octanol–water partition coefficient (Wildman–Crippen LogP) is 3.16. The van der Waals surface area contributed by atoms with E-state index in [1.54, 1.807) is 61.3 Å². The van der Waals surface area contributed by atoms with E-state index in [0.717, 1.165) is 0 Å². The van der Waals surface area contributed by atoms with E-state index in [1.165, 1.54) is 6.07 Å². The first-order valence-corrected chi connectivity index (χ1v) is 7.26. The lowest BCUT2D eigenvalue weighted by Crippen LogP contribution is -2.39. The third-order valence-electron chi connectivity index (χ3n) is 3.72. The number of likely N-dealkylation sites (N-methyl/N-ethyl adjacent to an activating group) is 1. The van der Waals surface area contributed by atoms with Crippen LogP contribution in [0.5, 0.6) is 0 Å². The number of nitriles is 1. The number of nitrogens with one attached hydrogen (secondary N) is 1. The van der Waals surface area contributed by atoms with Gasteiger partial charge in [0.25, 0.3) is 0 Å². The van der Waals surface area contributed by atoms with Gasteiger partial charge < -0.3 is 5.32 Å². The number of halogens is 1. The molecule has 0 saturated heterocycles. The Morgan fingerprint density at radius 2 is 1.91 bits per heavy atom. The number of para-hydroxylation sites is 1. The Hall–Kier alpha value is -2.71. The van der Waals surface area contributed by atoms with Gasteiger partial charge in [0.15, 0.2) is 0 Å². The number of carbonyl (C=O) groups excluding carboxylic acids is 1. The molecular weight excluding hydrogens is 293 g/mol. The SMILES string of the molecule is C[C@H](C(=O)Nc1ccccc1C#N)N(C)Cc1ccccc1F. The maximum atomic E-state index is 13.7. The molecule has 0 fully saturated rings. The van der Waals surface area contributed by atoms with Gasteiger partial charge in [-0.1, -0.05) is 30.3 Å². The monoisotopic (exact) mass is 311 g/mol. The Morgan fingerprint density at radius 1 is 1.26 bits per heavy atom. The topological polar surface area (TPSA) is 56.1 Å². The predicted molar refractivity (Wildman–Crippen MR) is 87.1 cm³/mol. The summed E-state index contributed by atoms with van der Waals surface area (Å²) < 4.78 is 13.7. The summed E-state index contributed by atoms with van der Waals surface area (Å²) in [5.41, 5.74) is 1.42. The molecule has 1 amide bonds. The molecule has 2 rings (SSSR count). The number of anilines is 1. The Balaban J connectivity index is 2.04. The van der Waals surface area contributed by atoms with Crippen LogP contribution in [0.25, 0.3) is 0 Å². The summed E-state index contributed by atoms with van der Waals surface area (Å²) in [4.78, 5) is 14.1. The van der Waals surface area contributed by atoms with Gasteiger partial charge in [-0.25, -0.2) is 4.39 Å². The number of hydrogen-bond donors (Lipinski definition) is 1. The number of carbonyl (C=O) groups is 1. The summed E-state index contributed by atoms with van der Waals surface area (Å²) in [5, 5.41) is 11.8. The molecule has 2 aromatic rings. The minimum absolute atomic E-state index is 0.244. The summed E-state index contributed by atoms with van der Waals surface area (Å²) in [6.45, 7) is 2.06. The van der Waals surface area contributed by atoms with Gasteiger partial charge in [-0.3, -0.25) is 9.69 Å². The van der Waals surface area contributed by atoms with Crippen LogP contribution in [0, 0.1) is 17.1 Å². The molecule has 118 valence electrons. The molecule has 0 bridgehead atoms. The van der Waals surface area contributed by atoms with E-state index in [9.17, 15) is 9.18 Å². The fourth-order valence-corrected chi connectivity index (χ4v) is 2.16. The van der Waals surface area contributed by atoms with Gasteiger partial charge in [-0.15, -0.1) is 0 Å². The van der Waals surface area contributed by atoms with Gasteiger partial charge in [0.2, 0.25) is 5.91 Å². The summed E-state index contributed by atoms with van der Waals surface area (Å²) in [6, 6.07) is 14.9. The third-order valence-corrected chi connectivity index (χ3v) is 3.72. The van der Waals surface area contributed by atoms with Crippen molar-refractivity contribution in [3.8, 4) is 6.07 Å². The van der Waals surface area contributed by atoms with Crippen LogP contribution in [0.4, 0.5) is 10.1 Å². The normalized spacial score (nSPS) is 11.8. The number of hydrogen-bond acceptors (Lipinski definition) is 3. The van der Waals surface area contributed by atoms with Gasteiger partial charge in [0.1, 0.15) is 11.9 Å². The summed E-state index contributed by atoms with van der Waals surface area (Å²) in [5.74, 6) is -0.534. The lowest BCUT2D eigenvalue weighted by atomic mass is 10.1. The Labute approximate surface area is 135 Å². The highest BCUT2D eigenvalue weighted by Gasteiger charge is 2.20. The molecule has 0 unspecified atom stereocenters. The average Bonchev–Trinajstić information content (AvgIpc) is 2.56. The van der Waals surface area contributed by atoms with E-state index < -0.39 is 6.04 Å². The van der Waals surface area contributed by atoms with E-state index in [1.807, 2.05) is 6.07 Å². The van der Waals surface area contributed by atoms with Crippen molar-refractivity contribution in [1.29, 1.82) is 5.26 Å². The van der Waals surface area contributed by atoms with Gasteiger partial charge >= 0.3 is 0 Å². The Kier molecular flexibility index (Phi) is 5.45. The van der Waals surface area contributed by atoms with Crippen LogP contribution >= 0.6 is 0 Å². The minimum atomic E-state index is -0.471. The fraction of sp³-hybridized carbons (Fsp3) is 0.222. The molecule has 0 radical (unpaired) electrons. The molecule has 0 aliphatic heterocycles. The van der Waals surface area contributed by atoms with Gasteiger partial charge in [-0.05, 0) is 32.2 Å². The van der Waals surface area contributed by atoms with E-state index in [2.05, 4.69) is 5.32 Å². The van der Waals surface area contributed by atoms with Crippen LogP contribution < -0.4 is 5.32 Å². The van der Waals surface area contributed by atoms with Crippen molar-refractivity contribution in [1.82, 2.24) is 4.90 Å². The Bertz CT molecular complexity index is 739. The highest BCUT2D eigenvalue weighted by atomic mass is 19.1. The number of benzene rings is 2. The third kappa shape index (κ3) is 4.15. The number of nitrogens with zero attached hydrogens (tertiary/aromatic N) is 2. The van der Waals surface area contributed by atoms with Crippen LogP contribution in [0.1, 0.15) is 18.1 Å². The van der Waals surface area contributed by atoms with Gasteiger partial charge in [0, 0.05) is 12.1 Å². The maximum absolute atomic E-state index is 13.7. The van der Waals surface area contributed by atoms with E-state index >= 15 is 0 Å². The minimum Gasteiger partial charge on any atom is -0.324 e. The Morgan fingerprint density at radius 3 is 2.61 bits per heavy atom. The molecule has 1 atom stereocenters. The first-order valence-electron chi connectivity index (χ1n) is 7.26. The summed E-state index contributed by atoms with van der Waals surface area (Å²) in [7, 11) is 1.76. The molecule has 23 heavy (non-hydrogen) atoms. The lowest BCUT2D eigenvalue weighted by molar-refractivity contribution is -0.120. The summed E-state index contributed by atoms with van der Waals surface area (Å²) >= 11 is 0. The van der Waals surface area contributed by atoms with Gasteiger partial charge in [-0.2, -0.15) is 5.26 Å². The second-order valence-electron chi connectivity index (χ2n) is 5.33. The zero-order valence-corrected chi connectivity index (χ0v) is 13.1. The first kappa shape index (κ1) is 16.7. The van der Waals surface area contributed by atoms with Crippen LogP contribution in [-0.4, -0.2) is 23.9 Å². The first-order chi connectivity index (χ1) is 11.0. The molecule has 4 nitrogen and oxygen atoms in total. The highest BCUT2D eigenvalue weighted by molar-refractivity contribution is 5.95. The number of amides is 1. The molecule has 0 aliphatic rings. The molecule has 5 heteroatoms. The van der Waals surface area contributed by atoms with E-state index in [-0.39, 0.29) is 11.7 Å². The van der Waals surface area contributed by atoms with Crippen molar-refractivity contribution in [3.63, 3.8) is 0 Å². The fourth-order valence-electron chi connectivity index (χ4n) is 2.16. The molecular formula is C18H18FN3O. The second-order valence-corrected chi connectivity index (χ2v) is 5.33. The van der Waals surface area contributed by atoms with Crippen LogP contribution in [0.3, 0.4) is 0 Å². The molecule has 0 saturated carbocycles. The average molecular weight is 311 g/mol. The molecule has 0 heterocycles. The van der Waals surface area contributed by atoms with Crippen LogP contribution in [0.2, 0.25) is 0 Å². The standard InChI is InChI=1S/C18H18FN3O/c1-13(22(2)12-15-8-3-5-9-16(15)19)18(23)21-17-10-6-4-7-14(17)11-20/h3-10,13H,12H2,1-2H3,(H,21,23)/t13-/m1/s1. The van der Waals surface area contributed by atoms with Crippen LogP contribution in [-0.2, 0) is 11.3 Å². The zero-order valence-electron chi connectivity index (χ0n) is 13.1. The summed E-state index contributed by atoms with van der Waals surface area (Å²) in [6.07, 6.45) is 0. The van der Waals surface area contributed by atoms with Crippen molar-refractivity contribution in [2.24, 2.45) is 0 Å². The quantitative estimate of drug-likeness (QED) is 0.923. The van der Waals surface area contributed by atoms with Crippen molar-refractivity contribution in [2.75, 3.05) is 12.4 Å². The van der Waals surface area contributed by atoms with Crippen molar-refractivity contribution >= 4 is 11.6 Å². The maximum Gasteiger partial charge on any atom is 0.241 e. The second kappa shape index (κ2) is 7.52. The van der Waals surface area contributed by atoms with Gasteiger partial charge in [0.05, 0.1) is 17.3 Å². The van der Waals surface area contributed by atoms with E-state index in [4.69, 9.17) is 5.26 Å². The molecule has 2 aromatic carbocycles. The molecule has 1 N–H and O–H groups in total. The van der Waals surface area contributed by atoms with Crippen molar-refractivity contribution in [2.45, 2.75) is 19.5 Å². The zero-order chi connectivity index (χ0) is 16.8. The smallest absolute Gasteiger partial charge is 0.241 e. The molecule has 0 aromatic heterocycles. The van der Waals surface area contributed by atoms with E-state index in [0.29, 0.717) is 23.4 Å². The highest BCUT2D eigenvalue weighted by Crippen LogP contribution is 2.15.